The molecule has 7 heteroatoms. The van der Waals surface area contributed by atoms with E-state index in [4.69, 9.17) is 10.2 Å². The van der Waals surface area contributed by atoms with Crippen molar-refractivity contribution in [3.05, 3.63) is 27.9 Å². The van der Waals surface area contributed by atoms with Gasteiger partial charge in [0.2, 0.25) is 5.82 Å². The van der Waals surface area contributed by atoms with Crippen molar-refractivity contribution in [3.8, 4) is 0 Å². The first-order valence-electron chi connectivity index (χ1n) is 3.08. The van der Waals surface area contributed by atoms with E-state index in [0.717, 1.165) is 0 Å². The Morgan fingerprint density at radius 3 is 2.31 bits per heavy atom. The Morgan fingerprint density at radius 1 is 1.31 bits per heavy atom. The molecule has 1 aromatic heterocycles. The van der Waals surface area contributed by atoms with E-state index in [-0.39, 0.29) is 0 Å². The second kappa shape index (κ2) is 3.05. The molecule has 13 heavy (non-hydrogen) atoms. The van der Waals surface area contributed by atoms with Gasteiger partial charge in [0.05, 0.1) is 0 Å². The van der Waals surface area contributed by atoms with Crippen molar-refractivity contribution < 1.29 is 19.8 Å². The van der Waals surface area contributed by atoms with Crippen LogP contribution in [0.15, 0.2) is 11.0 Å². The zero-order valence-corrected chi connectivity index (χ0v) is 6.14. The van der Waals surface area contributed by atoms with Crippen molar-refractivity contribution >= 4 is 11.9 Å². The Labute approximate surface area is 70.7 Å². The number of hydrogen-bond donors (Lipinski definition) is 3. The summed E-state index contributed by atoms with van der Waals surface area (Å²) >= 11 is 0. The molecule has 0 aliphatic rings. The fourth-order valence-corrected chi connectivity index (χ4v) is 0.656. The standard InChI is InChI=1S/C6H4N2O5/c9-4-2(5(10)11)1-7-3(8-4)6(12)13/h1H,(H,10,11)(H,12,13)(H,7,8,9). The average Bonchev–Trinajstić information content (AvgIpc) is 2.03. The molecule has 7 nitrogen and oxygen atoms in total. The largest absolute Gasteiger partial charge is 0.477 e. The summed E-state index contributed by atoms with van der Waals surface area (Å²) in [5.41, 5.74) is -1.58. The summed E-state index contributed by atoms with van der Waals surface area (Å²) in [5, 5.41) is 16.7. The van der Waals surface area contributed by atoms with Gasteiger partial charge in [0, 0.05) is 6.20 Å². The molecule has 1 aromatic rings. The number of carboxylic acid groups (broad SMARTS) is 2. The number of aromatic amines is 1. The molecule has 1 rings (SSSR count). The fourth-order valence-electron chi connectivity index (χ4n) is 0.656. The fraction of sp³-hybridized carbons (Fsp3) is 0. The summed E-state index contributed by atoms with van der Waals surface area (Å²) in [7, 11) is 0. The third kappa shape index (κ3) is 1.70. The quantitative estimate of drug-likeness (QED) is 0.551. The molecule has 0 fully saturated rings. The van der Waals surface area contributed by atoms with Gasteiger partial charge in [-0.25, -0.2) is 14.6 Å². The number of hydrogen-bond acceptors (Lipinski definition) is 4. The molecule has 68 valence electrons. The van der Waals surface area contributed by atoms with Crippen LogP contribution in [0.3, 0.4) is 0 Å². The summed E-state index contributed by atoms with van der Waals surface area (Å²) in [6.07, 6.45) is 0.699. The lowest BCUT2D eigenvalue weighted by molar-refractivity contribution is 0.0668. The number of aromatic carboxylic acids is 2. The number of H-pyrrole nitrogens is 1. The van der Waals surface area contributed by atoms with Crippen molar-refractivity contribution in [2.24, 2.45) is 0 Å². The highest BCUT2D eigenvalue weighted by atomic mass is 16.4. The summed E-state index contributed by atoms with van der Waals surface area (Å²) in [4.78, 5) is 36.4. The third-order valence-corrected chi connectivity index (χ3v) is 1.23. The van der Waals surface area contributed by atoms with Crippen LogP contribution in [0.25, 0.3) is 0 Å². The normalized spacial score (nSPS) is 9.54. The topological polar surface area (TPSA) is 120 Å². The molecule has 0 saturated carbocycles. The van der Waals surface area contributed by atoms with Gasteiger partial charge in [0.1, 0.15) is 5.56 Å². The molecule has 0 saturated heterocycles. The Morgan fingerprint density at radius 2 is 1.92 bits per heavy atom. The molecular formula is C6H4N2O5. The van der Waals surface area contributed by atoms with Crippen molar-refractivity contribution in [1.29, 1.82) is 0 Å². The van der Waals surface area contributed by atoms with E-state index < -0.39 is 28.9 Å². The molecule has 1 heterocycles. The van der Waals surface area contributed by atoms with Gasteiger partial charge < -0.3 is 15.2 Å². The van der Waals surface area contributed by atoms with E-state index in [1.54, 1.807) is 0 Å². The summed E-state index contributed by atoms with van der Waals surface area (Å²) < 4.78 is 0. The Bertz CT molecular complexity index is 421. The van der Waals surface area contributed by atoms with Crippen LogP contribution in [-0.4, -0.2) is 32.1 Å². The smallest absolute Gasteiger partial charge is 0.372 e. The lowest BCUT2D eigenvalue weighted by Crippen LogP contribution is -2.21. The maximum Gasteiger partial charge on any atom is 0.372 e. The first-order chi connectivity index (χ1) is 6.02. The monoisotopic (exact) mass is 184 g/mol. The number of rotatable bonds is 2. The van der Waals surface area contributed by atoms with Crippen LogP contribution in [0.2, 0.25) is 0 Å². The minimum Gasteiger partial charge on any atom is -0.477 e. The minimum atomic E-state index is -1.45. The molecule has 0 aliphatic heterocycles. The van der Waals surface area contributed by atoms with E-state index in [2.05, 4.69) is 4.98 Å². The molecule has 0 spiro atoms. The van der Waals surface area contributed by atoms with Gasteiger partial charge in [0.15, 0.2) is 0 Å². The zero-order valence-electron chi connectivity index (χ0n) is 6.14. The van der Waals surface area contributed by atoms with Crippen LogP contribution in [0, 0.1) is 0 Å². The maximum absolute atomic E-state index is 10.8. The van der Waals surface area contributed by atoms with Gasteiger partial charge in [0.25, 0.3) is 5.56 Å². The van der Waals surface area contributed by atoms with Crippen molar-refractivity contribution in [3.63, 3.8) is 0 Å². The Hall–Kier alpha value is -2.18. The number of nitrogens with one attached hydrogen (secondary N) is 1. The molecular weight excluding hydrogens is 180 g/mol. The number of aromatic nitrogens is 2. The van der Waals surface area contributed by atoms with Crippen LogP contribution in [0.1, 0.15) is 21.0 Å². The summed E-state index contributed by atoms with van der Waals surface area (Å²) in [6, 6.07) is 0. The third-order valence-electron chi connectivity index (χ3n) is 1.23. The molecule has 0 aliphatic carbocycles. The Balaban J connectivity index is 3.29. The highest BCUT2D eigenvalue weighted by Crippen LogP contribution is 1.89. The second-order valence-corrected chi connectivity index (χ2v) is 2.08. The van der Waals surface area contributed by atoms with Gasteiger partial charge in [-0.3, -0.25) is 4.79 Å². The molecule has 0 bridgehead atoms. The minimum absolute atomic E-state index is 0.588. The molecule has 0 atom stereocenters. The van der Waals surface area contributed by atoms with Crippen LogP contribution < -0.4 is 5.56 Å². The van der Waals surface area contributed by atoms with Crippen molar-refractivity contribution in [1.82, 2.24) is 9.97 Å². The lowest BCUT2D eigenvalue weighted by Gasteiger charge is -1.94. The predicted octanol–water partition coefficient (Wildman–Crippen LogP) is -0.834. The number of nitrogens with zero attached hydrogens (tertiary/aromatic N) is 1. The molecule has 3 N–H and O–H groups in total. The van der Waals surface area contributed by atoms with Gasteiger partial charge in [-0.15, -0.1) is 0 Å². The van der Waals surface area contributed by atoms with Crippen molar-refractivity contribution in [2.75, 3.05) is 0 Å². The SMILES string of the molecule is O=C(O)c1ncc(C(=O)O)c(=O)[nH]1. The average molecular weight is 184 g/mol. The highest BCUT2D eigenvalue weighted by molar-refractivity contribution is 5.88. The summed E-state index contributed by atoms with van der Waals surface area (Å²) in [5.74, 6) is -3.46. The van der Waals surface area contributed by atoms with Crippen molar-refractivity contribution in [2.45, 2.75) is 0 Å². The van der Waals surface area contributed by atoms with E-state index in [9.17, 15) is 14.4 Å². The van der Waals surface area contributed by atoms with Crippen LogP contribution >= 0.6 is 0 Å². The van der Waals surface area contributed by atoms with Gasteiger partial charge in [-0.1, -0.05) is 0 Å². The summed E-state index contributed by atoms with van der Waals surface area (Å²) in [6.45, 7) is 0. The first kappa shape index (κ1) is 8.91. The highest BCUT2D eigenvalue weighted by Gasteiger charge is 2.12. The van der Waals surface area contributed by atoms with E-state index >= 15 is 0 Å². The molecule has 0 radical (unpaired) electrons. The van der Waals surface area contributed by atoms with Gasteiger partial charge >= 0.3 is 11.9 Å². The first-order valence-corrected chi connectivity index (χ1v) is 3.08. The van der Waals surface area contributed by atoms with E-state index in [0.29, 0.717) is 6.20 Å². The van der Waals surface area contributed by atoms with Crippen LogP contribution in [0.5, 0.6) is 0 Å². The van der Waals surface area contributed by atoms with E-state index in [1.165, 1.54) is 0 Å². The predicted molar refractivity (Wildman–Crippen MR) is 38.8 cm³/mol. The second-order valence-electron chi connectivity index (χ2n) is 2.08. The van der Waals surface area contributed by atoms with E-state index in [1.807, 2.05) is 4.98 Å². The Kier molecular flexibility index (Phi) is 2.09. The number of carbonyl (C=O) groups is 2. The maximum atomic E-state index is 10.8. The zero-order chi connectivity index (χ0) is 10.0. The molecule has 0 amide bonds. The van der Waals surface area contributed by atoms with Gasteiger partial charge in [-0.05, 0) is 0 Å². The lowest BCUT2D eigenvalue weighted by atomic mass is 10.3. The molecule has 0 unspecified atom stereocenters. The van der Waals surface area contributed by atoms with Gasteiger partial charge in [-0.2, -0.15) is 0 Å². The van der Waals surface area contributed by atoms with Crippen LogP contribution in [-0.2, 0) is 0 Å². The molecule has 0 aromatic carbocycles. The van der Waals surface area contributed by atoms with Crippen LogP contribution in [0.4, 0.5) is 0 Å². The number of carboxylic acids is 2.